The second-order valence-electron chi connectivity index (χ2n) is 4.95. The molecule has 1 aromatic carbocycles. The molecule has 5 nitrogen and oxygen atoms in total. The van der Waals surface area contributed by atoms with Gasteiger partial charge in [-0.2, -0.15) is 0 Å². The van der Waals surface area contributed by atoms with E-state index in [4.69, 9.17) is 21.7 Å². The SMILES string of the molecule is CCCCCN(CCO)C(=O)c1ccc2[nH]c(=S)oc2c1. The number of nitrogens with zero attached hydrogens (tertiary/aromatic N) is 1. The van der Waals surface area contributed by atoms with Gasteiger partial charge in [-0.25, -0.2) is 0 Å². The van der Waals surface area contributed by atoms with Gasteiger partial charge in [-0.3, -0.25) is 4.79 Å². The number of aromatic nitrogens is 1. The van der Waals surface area contributed by atoms with E-state index in [1.807, 2.05) is 0 Å². The van der Waals surface area contributed by atoms with Crippen LogP contribution in [0, 0.1) is 4.84 Å². The quantitative estimate of drug-likeness (QED) is 0.609. The summed E-state index contributed by atoms with van der Waals surface area (Å²) in [5.74, 6) is -0.0932. The Morgan fingerprint density at radius 1 is 1.38 bits per heavy atom. The number of carbonyl (C=O) groups is 1. The van der Waals surface area contributed by atoms with Crippen LogP contribution in [0.15, 0.2) is 22.6 Å². The van der Waals surface area contributed by atoms with E-state index < -0.39 is 0 Å². The normalized spacial score (nSPS) is 11.0. The third kappa shape index (κ3) is 3.92. The van der Waals surface area contributed by atoms with Gasteiger partial charge in [-0.05, 0) is 36.8 Å². The van der Waals surface area contributed by atoms with Crippen molar-refractivity contribution in [3.05, 3.63) is 28.6 Å². The molecule has 2 aromatic rings. The molecular formula is C15H20N2O3S. The average Bonchev–Trinajstić information content (AvgIpc) is 2.85. The minimum Gasteiger partial charge on any atom is -0.429 e. The minimum atomic E-state index is -0.0932. The van der Waals surface area contributed by atoms with Gasteiger partial charge < -0.3 is 19.4 Å². The first-order valence-electron chi connectivity index (χ1n) is 7.18. The molecule has 0 atom stereocenters. The summed E-state index contributed by atoms with van der Waals surface area (Å²) in [5.41, 5.74) is 1.89. The number of aromatic amines is 1. The molecule has 0 aliphatic rings. The summed E-state index contributed by atoms with van der Waals surface area (Å²) in [5, 5.41) is 9.13. The Balaban J connectivity index is 2.18. The van der Waals surface area contributed by atoms with Crippen LogP contribution in [-0.2, 0) is 0 Å². The molecule has 1 heterocycles. The van der Waals surface area contributed by atoms with Gasteiger partial charge >= 0.3 is 0 Å². The molecule has 21 heavy (non-hydrogen) atoms. The highest BCUT2D eigenvalue weighted by Gasteiger charge is 2.16. The highest BCUT2D eigenvalue weighted by atomic mass is 32.1. The molecule has 2 N–H and O–H groups in total. The van der Waals surface area contributed by atoms with Gasteiger partial charge in [-0.1, -0.05) is 19.8 Å². The second-order valence-corrected chi connectivity index (χ2v) is 5.32. The van der Waals surface area contributed by atoms with Gasteiger partial charge in [0, 0.05) is 18.7 Å². The molecule has 0 fully saturated rings. The zero-order chi connectivity index (χ0) is 15.2. The van der Waals surface area contributed by atoms with Crippen LogP contribution in [0.1, 0.15) is 36.5 Å². The van der Waals surface area contributed by atoms with E-state index in [0.717, 1.165) is 24.8 Å². The van der Waals surface area contributed by atoms with E-state index in [1.165, 1.54) is 0 Å². The third-order valence-corrected chi connectivity index (χ3v) is 3.54. The van der Waals surface area contributed by atoms with Crippen LogP contribution in [0.4, 0.5) is 0 Å². The lowest BCUT2D eigenvalue weighted by Gasteiger charge is -2.21. The number of unbranched alkanes of at least 4 members (excludes halogenated alkanes) is 2. The summed E-state index contributed by atoms with van der Waals surface area (Å²) in [6.07, 6.45) is 3.10. The Labute approximate surface area is 128 Å². The summed E-state index contributed by atoms with van der Waals surface area (Å²) >= 11 is 4.94. The lowest BCUT2D eigenvalue weighted by atomic mass is 10.1. The fourth-order valence-corrected chi connectivity index (χ4v) is 2.45. The number of H-pyrrole nitrogens is 1. The fourth-order valence-electron chi connectivity index (χ4n) is 2.25. The van der Waals surface area contributed by atoms with Crippen LogP contribution in [0.3, 0.4) is 0 Å². The number of amides is 1. The molecule has 0 bridgehead atoms. The van der Waals surface area contributed by atoms with E-state index in [2.05, 4.69) is 11.9 Å². The summed E-state index contributed by atoms with van der Waals surface area (Å²) < 4.78 is 5.34. The van der Waals surface area contributed by atoms with Gasteiger partial charge in [0.25, 0.3) is 10.7 Å². The highest BCUT2D eigenvalue weighted by molar-refractivity contribution is 7.71. The number of aliphatic hydroxyl groups is 1. The van der Waals surface area contributed by atoms with Crippen LogP contribution in [0.25, 0.3) is 11.1 Å². The van der Waals surface area contributed by atoms with Crippen molar-refractivity contribution in [1.82, 2.24) is 9.88 Å². The van der Waals surface area contributed by atoms with Crippen molar-refractivity contribution in [3.63, 3.8) is 0 Å². The van der Waals surface area contributed by atoms with E-state index in [1.54, 1.807) is 23.1 Å². The van der Waals surface area contributed by atoms with E-state index in [0.29, 0.717) is 29.1 Å². The van der Waals surface area contributed by atoms with Crippen molar-refractivity contribution in [2.24, 2.45) is 0 Å². The van der Waals surface area contributed by atoms with E-state index in [-0.39, 0.29) is 12.5 Å². The third-order valence-electron chi connectivity index (χ3n) is 3.36. The zero-order valence-electron chi connectivity index (χ0n) is 12.1. The molecular weight excluding hydrogens is 288 g/mol. The fraction of sp³-hybridized carbons (Fsp3) is 0.467. The van der Waals surface area contributed by atoms with Crippen LogP contribution in [0.5, 0.6) is 0 Å². The molecule has 1 aromatic heterocycles. The lowest BCUT2D eigenvalue weighted by molar-refractivity contribution is 0.0718. The van der Waals surface area contributed by atoms with Crippen LogP contribution in [0.2, 0.25) is 0 Å². The van der Waals surface area contributed by atoms with Crippen LogP contribution >= 0.6 is 12.2 Å². The molecule has 1 amide bonds. The minimum absolute atomic E-state index is 0.0368. The lowest BCUT2D eigenvalue weighted by Crippen LogP contribution is -2.34. The number of benzene rings is 1. The number of fused-ring (bicyclic) bond motifs is 1. The van der Waals surface area contributed by atoms with Crippen LogP contribution < -0.4 is 0 Å². The number of hydrogen-bond acceptors (Lipinski definition) is 4. The highest BCUT2D eigenvalue weighted by Crippen LogP contribution is 2.17. The van der Waals surface area contributed by atoms with Crippen molar-refractivity contribution in [3.8, 4) is 0 Å². The monoisotopic (exact) mass is 308 g/mol. The van der Waals surface area contributed by atoms with E-state index >= 15 is 0 Å². The molecule has 0 radical (unpaired) electrons. The summed E-state index contributed by atoms with van der Waals surface area (Å²) in [6.45, 7) is 3.08. The van der Waals surface area contributed by atoms with Gasteiger partial charge in [0.15, 0.2) is 5.58 Å². The average molecular weight is 308 g/mol. The van der Waals surface area contributed by atoms with Crippen molar-refractivity contribution in [2.75, 3.05) is 19.7 Å². The van der Waals surface area contributed by atoms with Crippen molar-refractivity contribution in [2.45, 2.75) is 26.2 Å². The first kappa shape index (κ1) is 15.7. The van der Waals surface area contributed by atoms with Gasteiger partial charge in [0.1, 0.15) is 0 Å². The first-order valence-corrected chi connectivity index (χ1v) is 7.59. The Morgan fingerprint density at radius 3 is 2.90 bits per heavy atom. The summed E-state index contributed by atoms with van der Waals surface area (Å²) in [4.78, 5) is 17.4. The largest absolute Gasteiger partial charge is 0.429 e. The predicted octanol–water partition coefficient (Wildman–Crippen LogP) is 3.12. The number of aliphatic hydroxyl groups excluding tert-OH is 1. The van der Waals surface area contributed by atoms with E-state index in [9.17, 15) is 4.79 Å². The molecule has 0 saturated heterocycles. The van der Waals surface area contributed by atoms with Crippen LogP contribution in [-0.4, -0.2) is 40.6 Å². The smallest absolute Gasteiger partial charge is 0.266 e. The molecule has 0 unspecified atom stereocenters. The maximum Gasteiger partial charge on any atom is 0.266 e. The molecule has 0 saturated carbocycles. The van der Waals surface area contributed by atoms with Gasteiger partial charge in [-0.15, -0.1) is 0 Å². The number of oxazole rings is 1. The van der Waals surface area contributed by atoms with Crippen molar-refractivity contribution < 1.29 is 14.3 Å². The maximum absolute atomic E-state index is 12.5. The number of nitrogens with one attached hydrogen (secondary N) is 1. The van der Waals surface area contributed by atoms with Crippen molar-refractivity contribution >= 4 is 29.2 Å². The Bertz CT molecular complexity index is 662. The standard InChI is InChI=1S/C15H20N2O3S/c1-2-3-4-7-17(8-9-18)14(19)11-5-6-12-13(10-11)20-15(21)16-12/h5-6,10,18H,2-4,7-9H2,1H3,(H,16,21). The number of carbonyl (C=O) groups excluding carboxylic acids is 1. The Hall–Kier alpha value is -1.66. The van der Waals surface area contributed by atoms with Gasteiger partial charge in [0.2, 0.25) is 0 Å². The second kappa shape index (κ2) is 7.38. The number of rotatable bonds is 7. The van der Waals surface area contributed by atoms with Gasteiger partial charge in [0.05, 0.1) is 12.1 Å². The predicted molar refractivity (Wildman–Crippen MR) is 83.9 cm³/mol. The molecule has 0 aliphatic heterocycles. The topological polar surface area (TPSA) is 69.5 Å². The summed E-state index contributed by atoms with van der Waals surface area (Å²) in [7, 11) is 0. The number of hydrogen-bond donors (Lipinski definition) is 2. The molecule has 0 aliphatic carbocycles. The Morgan fingerprint density at radius 2 is 2.19 bits per heavy atom. The molecule has 6 heteroatoms. The molecule has 0 spiro atoms. The molecule has 114 valence electrons. The summed E-state index contributed by atoms with van der Waals surface area (Å²) in [6, 6.07) is 5.22. The first-order chi connectivity index (χ1) is 10.2. The zero-order valence-corrected chi connectivity index (χ0v) is 12.9. The van der Waals surface area contributed by atoms with Crippen molar-refractivity contribution in [1.29, 1.82) is 0 Å². The maximum atomic E-state index is 12.5. The Kier molecular flexibility index (Phi) is 5.52. The molecule has 2 rings (SSSR count).